The first-order valence-corrected chi connectivity index (χ1v) is 7.28. The fourth-order valence-corrected chi connectivity index (χ4v) is 2.29. The minimum Gasteiger partial charge on any atom is -0.493 e. The Balaban J connectivity index is 2.44. The highest BCUT2D eigenvalue weighted by atomic mass is 16.5. The van der Waals surface area contributed by atoms with Crippen molar-refractivity contribution < 1.29 is 14.3 Å². The molecule has 0 saturated heterocycles. The van der Waals surface area contributed by atoms with Crippen LogP contribution in [0, 0.1) is 0 Å². The smallest absolute Gasteiger partial charge is 0.177 e. The maximum absolute atomic E-state index is 12.5. The molecule has 0 atom stereocenters. The summed E-state index contributed by atoms with van der Waals surface area (Å²) in [5, 5.41) is 5.06. The maximum Gasteiger partial charge on any atom is 0.177 e. The summed E-state index contributed by atoms with van der Waals surface area (Å²) in [7, 11) is 3.20. The number of nitrogens with one attached hydrogen (secondary N) is 1. The molecule has 2 aromatic rings. The second-order valence-corrected chi connectivity index (χ2v) is 6.26. The Morgan fingerprint density at radius 1 is 1.09 bits per heavy atom. The second-order valence-electron chi connectivity index (χ2n) is 6.26. The maximum atomic E-state index is 12.5. The van der Waals surface area contributed by atoms with Gasteiger partial charge in [0.25, 0.3) is 0 Å². The van der Waals surface area contributed by atoms with Crippen LogP contribution in [0.2, 0.25) is 0 Å². The lowest BCUT2D eigenvalue weighted by molar-refractivity contribution is 0.0983. The van der Waals surface area contributed by atoms with Gasteiger partial charge in [0, 0.05) is 11.1 Å². The molecule has 0 aromatic heterocycles. The Morgan fingerprint density at radius 3 is 2.32 bits per heavy atom. The molecule has 0 bridgehead atoms. The first-order valence-electron chi connectivity index (χ1n) is 7.28. The number of ketones is 1. The molecule has 0 aliphatic heterocycles. The van der Waals surface area contributed by atoms with E-state index in [0.29, 0.717) is 23.6 Å². The number of fused-ring (bicyclic) bond motifs is 1. The molecule has 0 fully saturated rings. The third kappa shape index (κ3) is 3.57. The predicted molar refractivity (Wildman–Crippen MR) is 89.1 cm³/mol. The van der Waals surface area contributed by atoms with Crippen LogP contribution >= 0.6 is 0 Å². The van der Waals surface area contributed by atoms with Crippen molar-refractivity contribution in [3.63, 3.8) is 0 Å². The van der Waals surface area contributed by atoms with Crippen molar-refractivity contribution in [2.45, 2.75) is 26.3 Å². The van der Waals surface area contributed by atoms with Crippen molar-refractivity contribution >= 4 is 16.6 Å². The number of hydrogen-bond acceptors (Lipinski definition) is 4. The highest BCUT2D eigenvalue weighted by molar-refractivity contribution is 6.09. The monoisotopic (exact) mass is 301 g/mol. The second kappa shape index (κ2) is 6.36. The van der Waals surface area contributed by atoms with Gasteiger partial charge in [-0.1, -0.05) is 18.2 Å². The quantitative estimate of drug-likeness (QED) is 0.860. The summed E-state index contributed by atoms with van der Waals surface area (Å²) in [6, 6.07) is 9.45. The van der Waals surface area contributed by atoms with Gasteiger partial charge in [0.05, 0.1) is 20.8 Å². The van der Waals surface area contributed by atoms with Crippen molar-refractivity contribution in [2.24, 2.45) is 0 Å². The molecule has 4 heteroatoms. The van der Waals surface area contributed by atoms with Crippen LogP contribution in [0.25, 0.3) is 10.8 Å². The average Bonchev–Trinajstić information content (AvgIpc) is 2.49. The zero-order valence-electron chi connectivity index (χ0n) is 13.8. The van der Waals surface area contributed by atoms with E-state index in [9.17, 15) is 4.79 Å². The number of Topliss-reactive ketones (excluding diaryl/α,β-unsaturated/α-hetero) is 1. The van der Waals surface area contributed by atoms with Gasteiger partial charge in [0.15, 0.2) is 17.3 Å². The number of carbonyl (C=O) groups is 1. The lowest BCUT2D eigenvalue weighted by Gasteiger charge is -2.20. The fourth-order valence-electron chi connectivity index (χ4n) is 2.29. The molecule has 0 aliphatic carbocycles. The van der Waals surface area contributed by atoms with E-state index in [2.05, 4.69) is 5.32 Å². The molecule has 0 amide bonds. The van der Waals surface area contributed by atoms with Crippen LogP contribution in [0.5, 0.6) is 11.5 Å². The SMILES string of the molecule is COc1cc2cccc(C(=O)CNC(C)(C)C)c2cc1OC. The van der Waals surface area contributed by atoms with Gasteiger partial charge >= 0.3 is 0 Å². The Morgan fingerprint density at radius 2 is 1.73 bits per heavy atom. The van der Waals surface area contributed by atoms with Crippen LogP contribution < -0.4 is 14.8 Å². The third-order valence-corrected chi connectivity index (χ3v) is 3.46. The van der Waals surface area contributed by atoms with Crippen LogP contribution in [-0.4, -0.2) is 32.1 Å². The summed E-state index contributed by atoms with van der Waals surface area (Å²) >= 11 is 0. The van der Waals surface area contributed by atoms with Crippen molar-refractivity contribution in [1.29, 1.82) is 0 Å². The number of hydrogen-bond donors (Lipinski definition) is 1. The number of methoxy groups -OCH3 is 2. The van der Waals surface area contributed by atoms with Gasteiger partial charge in [-0.2, -0.15) is 0 Å². The highest BCUT2D eigenvalue weighted by Gasteiger charge is 2.16. The number of rotatable bonds is 5. The molecule has 118 valence electrons. The first kappa shape index (κ1) is 16.3. The Bertz CT molecular complexity index is 687. The van der Waals surface area contributed by atoms with Crippen LogP contribution in [0.15, 0.2) is 30.3 Å². The molecule has 0 radical (unpaired) electrons. The molecule has 2 aromatic carbocycles. The van der Waals surface area contributed by atoms with Crippen molar-refractivity contribution in [3.05, 3.63) is 35.9 Å². The average molecular weight is 301 g/mol. The largest absolute Gasteiger partial charge is 0.493 e. The molecule has 1 N–H and O–H groups in total. The topological polar surface area (TPSA) is 47.6 Å². The van der Waals surface area contributed by atoms with Gasteiger partial charge in [-0.05, 0) is 43.7 Å². The van der Waals surface area contributed by atoms with Crippen LogP contribution in [0.1, 0.15) is 31.1 Å². The van der Waals surface area contributed by atoms with Gasteiger partial charge < -0.3 is 14.8 Å². The van der Waals surface area contributed by atoms with Crippen molar-refractivity contribution in [3.8, 4) is 11.5 Å². The van der Waals surface area contributed by atoms with E-state index in [-0.39, 0.29) is 11.3 Å². The van der Waals surface area contributed by atoms with Gasteiger partial charge in [-0.3, -0.25) is 4.79 Å². The van der Waals surface area contributed by atoms with Crippen LogP contribution in [0.4, 0.5) is 0 Å². The first-order chi connectivity index (χ1) is 10.4. The molecule has 0 unspecified atom stereocenters. The predicted octanol–water partition coefficient (Wildman–Crippen LogP) is 3.43. The van der Waals surface area contributed by atoms with E-state index in [0.717, 1.165) is 10.8 Å². The molecule has 0 saturated carbocycles. The molecule has 0 aliphatic rings. The van der Waals surface area contributed by atoms with E-state index >= 15 is 0 Å². The van der Waals surface area contributed by atoms with Gasteiger partial charge in [0.2, 0.25) is 0 Å². The van der Waals surface area contributed by atoms with E-state index in [1.807, 2.05) is 51.1 Å². The van der Waals surface area contributed by atoms with Crippen molar-refractivity contribution in [1.82, 2.24) is 5.32 Å². The molecule has 2 rings (SSSR count). The minimum atomic E-state index is -0.0961. The molecule has 22 heavy (non-hydrogen) atoms. The summed E-state index contributed by atoms with van der Waals surface area (Å²) in [6.07, 6.45) is 0. The van der Waals surface area contributed by atoms with Crippen molar-refractivity contribution in [2.75, 3.05) is 20.8 Å². The van der Waals surface area contributed by atoms with E-state index in [1.165, 1.54) is 0 Å². The Labute approximate surface area is 131 Å². The van der Waals surface area contributed by atoms with E-state index in [4.69, 9.17) is 9.47 Å². The fraction of sp³-hybridized carbons (Fsp3) is 0.389. The van der Waals surface area contributed by atoms with Crippen LogP contribution in [-0.2, 0) is 0 Å². The van der Waals surface area contributed by atoms with E-state index < -0.39 is 0 Å². The highest BCUT2D eigenvalue weighted by Crippen LogP contribution is 2.33. The van der Waals surface area contributed by atoms with Crippen LogP contribution in [0.3, 0.4) is 0 Å². The summed E-state index contributed by atoms with van der Waals surface area (Å²) in [4.78, 5) is 12.5. The summed E-state index contributed by atoms with van der Waals surface area (Å²) < 4.78 is 10.7. The molecular formula is C18H23NO3. The number of benzene rings is 2. The lowest BCUT2D eigenvalue weighted by atomic mass is 10.00. The molecule has 4 nitrogen and oxygen atoms in total. The molecule has 0 heterocycles. The summed E-state index contributed by atoms with van der Waals surface area (Å²) in [6.45, 7) is 6.42. The Kier molecular flexibility index (Phi) is 4.71. The van der Waals surface area contributed by atoms with Gasteiger partial charge in [-0.15, -0.1) is 0 Å². The summed E-state index contributed by atoms with van der Waals surface area (Å²) in [5.41, 5.74) is 0.594. The normalized spacial score (nSPS) is 11.5. The molecule has 0 spiro atoms. The summed E-state index contributed by atoms with van der Waals surface area (Å²) in [5.74, 6) is 1.35. The molecular weight excluding hydrogens is 278 g/mol. The zero-order chi connectivity index (χ0) is 16.3. The van der Waals surface area contributed by atoms with Gasteiger partial charge in [-0.25, -0.2) is 0 Å². The standard InChI is InChI=1S/C18H23NO3/c1-18(2,3)19-11-15(20)13-8-6-7-12-9-16(21-4)17(22-5)10-14(12)13/h6-10,19H,11H2,1-5H3. The Hall–Kier alpha value is -2.07. The number of carbonyl (C=O) groups excluding carboxylic acids is 1. The number of ether oxygens (including phenoxy) is 2. The lowest BCUT2D eigenvalue weighted by Crippen LogP contribution is -2.39. The van der Waals surface area contributed by atoms with Gasteiger partial charge in [0.1, 0.15) is 0 Å². The van der Waals surface area contributed by atoms with E-state index in [1.54, 1.807) is 14.2 Å². The third-order valence-electron chi connectivity index (χ3n) is 3.46. The minimum absolute atomic E-state index is 0.0627. The zero-order valence-corrected chi connectivity index (χ0v) is 13.8.